The van der Waals surface area contributed by atoms with Gasteiger partial charge in [0.15, 0.2) is 0 Å². The largest absolute Gasteiger partial charge is 0.329 e. The fourth-order valence-electron chi connectivity index (χ4n) is 1.90. The Bertz CT molecular complexity index is 158. The molecule has 1 saturated heterocycles. The lowest BCUT2D eigenvalue weighted by Gasteiger charge is -2.27. The molecule has 0 amide bonds. The van der Waals surface area contributed by atoms with E-state index in [1.165, 1.54) is 19.6 Å². The Morgan fingerprint density at radius 2 is 2.00 bits per heavy atom. The van der Waals surface area contributed by atoms with Gasteiger partial charge in [-0.15, -0.1) is 0 Å². The van der Waals surface area contributed by atoms with Crippen LogP contribution in [0.3, 0.4) is 0 Å². The third-order valence-electron chi connectivity index (χ3n) is 3.00. The summed E-state index contributed by atoms with van der Waals surface area (Å²) < 4.78 is 0. The molecule has 0 spiro atoms. The van der Waals surface area contributed by atoms with Crippen molar-refractivity contribution in [3.8, 4) is 0 Å². The van der Waals surface area contributed by atoms with Crippen molar-refractivity contribution in [2.45, 2.75) is 0 Å². The summed E-state index contributed by atoms with van der Waals surface area (Å²) in [5.74, 6) is 0. The van der Waals surface area contributed by atoms with Crippen LogP contribution in [0.4, 0.5) is 0 Å². The molecule has 1 aliphatic heterocycles. The molecule has 0 atom stereocenters. The van der Waals surface area contributed by atoms with Gasteiger partial charge in [-0.1, -0.05) is 0 Å². The number of nitrogens with zero attached hydrogens (tertiary/aromatic N) is 2. The molecule has 1 aliphatic rings. The van der Waals surface area contributed by atoms with Gasteiger partial charge in [0, 0.05) is 65.4 Å². The lowest BCUT2D eigenvalue weighted by Crippen LogP contribution is -2.46. The smallest absolute Gasteiger partial charge is 0.0108 e. The predicted molar refractivity (Wildman–Crippen MR) is 68.7 cm³/mol. The van der Waals surface area contributed by atoms with Crippen LogP contribution in [-0.2, 0) is 0 Å². The van der Waals surface area contributed by atoms with Crippen LogP contribution in [0, 0.1) is 0 Å². The van der Waals surface area contributed by atoms with E-state index < -0.39 is 0 Å². The van der Waals surface area contributed by atoms with Gasteiger partial charge in [0.2, 0.25) is 0 Å². The summed E-state index contributed by atoms with van der Waals surface area (Å²) in [4.78, 5) is 4.77. The molecule has 0 aromatic rings. The van der Waals surface area contributed by atoms with Crippen LogP contribution in [0.1, 0.15) is 0 Å². The van der Waals surface area contributed by atoms with E-state index in [-0.39, 0.29) is 0 Å². The standard InChI is InChI=1S/C11H27N5/c1-15(7-2-12)8-3-13-4-9-16-10-5-14-6-11-16/h13-14H,2-12H2,1H3. The highest BCUT2D eigenvalue weighted by atomic mass is 15.2. The summed E-state index contributed by atoms with van der Waals surface area (Å²) in [6.07, 6.45) is 0. The molecule has 0 bridgehead atoms. The van der Waals surface area contributed by atoms with E-state index in [2.05, 4.69) is 27.5 Å². The second kappa shape index (κ2) is 8.90. The number of rotatable bonds is 8. The number of piperazine rings is 1. The second-order valence-corrected chi connectivity index (χ2v) is 4.43. The first kappa shape index (κ1) is 13.9. The molecule has 1 fully saturated rings. The summed E-state index contributed by atoms with van der Waals surface area (Å²) in [6.45, 7) is 10.8. The van der Waals surface area contributed by atoms with Gasteiger partial charge in [0.05, 0.1) is 0 Å². The van der Waals surface area contributed by atoms with Crippen molar-refractivity contribution in [2.24, 2.45) is 5.73 Å². The molecule has 4 N–H and O–H groups in total. The molecular weight excluding hydrogens is 202 g/mol. The minimum absolute atomic E-state index is 0.747. The zero-order valence-corrected chi connectivity index (χ0v) is 10.5. The Labute approximate surface area is 99.3 Å². The maximum Gasteiger partial charge on any atom is 0.0108 e. The van der Waals surface area contributed by atoms with Crippen LogP contribution >= 0.6 is 0 Å². The van der Waals surface area contributed by atoms with E-state index in [4.69, 9.17) is 5.73 Å². The van der Waals surface area contributed by atoms with Gasteiger partial charge in [0.25, 0.3) is 0 Å². The van der Waals surface area contributed by atoms with Crippen molar-refractivity contribution in [1.82, 2.24) is 20.4 Å². The molecule has 0 aromatic carbocycles. The maximum absolute atomic E-state index is 5.48. The molecule has 0 aromatic heterocycles. The minimum atomic E-state index is 0.747. The third-order valence-corrected chi connectivity index (χ3v) is 3.00. The van der Waals surface area contributed by atoms with Crippen LogP contribution in [0.5, 0.6) is 0 Å². The normalized spacial score (nSPS) is 18.2. The highest BCUT2D eigenvalue weighted by Gasteiger charge is 2.07. The van der Waals surface area contributed by atoms with Crippen LogP contribution in [0.15, 0.2) is 0 Å². The Hall–Kier alpha value is -0.200. The third kappa shape index (κ3) is 6.40. The molecule has 1 rings (SSSR count). The van der Waals surface area contributed by atoms with Gasteiger partial charge in [-0.3, -0.25) is 4.90 Å². The molecule has 0 radical (unpaired) electrons. The number of nitrogens with one attached hydrogen (secondary N) is 2. The summed E-state index contributed by atoms with van der Waals surface area (Å²) in [6, 6.07) is 0. The molecule has 0 saturated carbocycles. The van der Waals surface area contributed by atoms with Crippen LogP contribution in [-0.4, -0.2) is 82.3 Å². The first-order valence-corrected chi connectivity index (χ1v) is 6.35. The van der Waals surface area contributed by atoms with E-state index >= 15 is 0 Å². The first-order chi connectivity index (χ1) is 7.83. The Morgan fingerprint density at radius 1 is 1.25 bits per heavy atom. The Morgan fingerprint density at radius 3 is 2.69 bits per heavy atom. The second-order valence-electron chi connectivity index (χ2n) is 4.43. The van der Waals surface area contributed by atoms with E-state index in [1.54, 1.807) is 0 Å². The van der Waals surface area contributed by atoms with Crippen molar-refractivity contribution < 1.29 is 0 Å². The van der Waals surface area contributed by atoms with Gasteiger partial charge in [0.1, 0.15) is 0 Å². The van der Waals surface area contributed by atoms with Crippen LogP contribution < -0.4 is 16.4 Å². The fourth-order valence-corrected chi connectivity index (χ4v) is 1.90. The average molecular weight is 229 g/mol. The minimum Gasteiger partial charge on any atom is -0.329 e. The van der Waals surface area contributed by atoms with Gasteiger partial charge >= 0.3 is 0 Å². The lowest BCUT2D eigenvalue weighted by molar-refractivity contribution is 0.239. The number of hydrogen-bond acceptors (Lipinski definition) is 5. The number of likely N-dealkylation sites (N-methyl/N-ethyl adjacent to an activating group) is 1. The van der Waals surface area contributed by atoms with Crippen molar-refractivity contribution in [1.29, 1.82) is 0 Å². The van der Waals surface area contributed by atoms with Crippen LogP contribution in [0.2, 0.25) is 0 Å². The average Bonchev–Trinajstić information content (AvgIpc) is 2.30. The van der Waals surface area contributed by atoms with Crippen molar-refractivity contribution in [2.75, 3.05) is 72.5 Å². The fraction of sp³-hybridized carbons (Fsp3) is 1.00. The zero-order chi connectivity index (χ0) is 11.6. The summed E-state index contributed by atoms with van der Waals surface area (Å²) >= 11 is 0. The number of nitrogens with two attached hydrogens (primary N) is 1. The highest BCUT2D eigenvalue weighted by molar-refractivity contribution is 4.68. The van der Waals surface area contributed by atoms with Crippen molar-refractivity contribution >= 4 is 0 Å². The summed E-state index contributed by atoms with van der Waals surface area (Å²) in [5.41, 5.74) is 5.48. The van der Waals surface area contributed by atoms with E-state index in [9.17, 15) is 0 Å². The molecule has 0 unspecified atom stereocenters. The molecule has 1 heterocycles. The summed E-state index contributed by atoms with van der Waals surface area (Å²) in [5, 5.41) is 6.84. The predicted octanol–water partition coefficient (Wildman–Crippen LogP) is -1.63. The quantitative estimate of drug-likeness (QED) is 0.437. The van der Waals surface area contributed by atoms with E-state index in [1.807, 2.05) is 0 Å². The van der Waals surface area contributed by atoms with E-state index in [0.717, 1.165) is 45.8 Å². The Kier molecular flexibility index (Phi) is 7.71. The van der Waals surface area contributed by atoms with Gasteiger partial charge < -0.3 is 21.3 Å². The molecule has 16 heavy (non-hydrogen) atoms. The maximum atomic E-state index is 5.48. The van der Waals surface area contributed by atoms with Crippen LogP contribution in [0.25, 0.3) is 0 Å². The van der Waals surface area contributed by atoms with Gasteiger partial charge in [-0.25, -0.2) is 0 Å². The Balaban J connectivity index is 1.87. The highest BCUT2D eigenvalue weighted by Crippen LogP contribution is 1.89. The summed E-state index contributed by atoms with van der Waals surface area (Å²) in [7, 11) is 2.12. The van der Waals surface area contributed by atoms with Gasteiger partial charge in [-0.05, 0) is 7.05 Å². The molecule has 0 aliphatic carbocycles. The lowest BCUT2D eigenvalue weighted by atomic mass is 10.3. The number of hydrogen-bond donors (Lipinski definition) is 3. The topological polar surface area (TPSA) is 56.6 Å². The van der Waals surface area contributed by atoms with Crippen molar-refractivity contribution in [3.63, 3.8) is 0 Å². The molecule has 5 nitrogen and oxygen atoms in total. The molecular formula is C11H27N5. The SMILES string of the molecule is CN(CCN)CCNCCN1CCNCC1. The van der Waals surface area contributed by atoms with Gasteiger partial charge in [-0.2, -0.15) is 0 Å². The first-order valence-electron chi connectivity index (χ1n) is 6.35. The van der Waals surface area contributed by atoms with Crippen molar-refractivity contribution in [3.05, 3.63) is 0 Å². The molecule has 5 heteroatoms. The van der Waals surface area contributed by atoms with E-state index in [0.29, 0.717) is 0 Å². The zero-order valence-electron chi connectivity index (χ0n) is 10.5. The monoisotopic (exact) mass is 229 g/mol. The molecule has 96 valence electrons.